The van der Waals surface area contributed by atoms with E-state index in [1.54, 1.807) is 30.5 Å². The highest BCUT2D eigenvalue weighted by molar-refractivity contribution is 7.71. The van der Waals surface area contributed by atoms with E-state index in [-0.39, 0.29) is 16.2 Å². The monoisotopic (exact) mass is 297 g/mol. The predicted octanol–water partition coefficient (Wildman–Crippen LogP) is 2.58. The number of nitrogens with zero attached hydrogens (tertiary/aromatic N) is 2. The maximum atomic E-state index is 12.0. The topological polar surface area (TPSA) is 70.4 Å². The summed E-state index contributed by atoms with van der Waals surface area (Å²) in [5, 5.41) is 10.4. The molecule has 0 saturated heterocycles. The highest BCUT2D eigenvalue weighted by Crippen LogP contribution is 2.22. The van der Waals surface area contributed by atoms with Crippen LogP contribution in [0.15, 0.2) is 58.0 Å². The van der Waals surface area contributed by atoms with Crippen molar-refractivity contribution in [3.8, 4) is 11.6 Å². The summed E-state index contributed by atoms with van der Waals surface area (Å²) in [5.41, 5.74) is 0.924. The zero-order valence-electron chi connectivity index (χ0n) is 10.9. The van der Waals surface area contributed by atoms with E-state index in [1.165, 1.54) is 10.6 Å². The number of aliphatic imine (C=N–C) groups is 1. The van der Waals surface area contributed by atoms with Crippen molar-refractivity contribution in [2.75, 3.05) is 0 Å². The number of nitrogens with one attached hydrogen (secondary N) is 1. The van der Waals surface area contributed by atoms with Crippen molar-refractivity contribution < 1.29 is 5.11 Å². The minimum Gasteiger partial charge on any atom is -0.494 e. The average Bonchev–Trinajstić information content (AvgIpc) is 2.97. The first-order valence-corrected chi connectivity index (χ1v) is 6.64. The predicted molar refractivity (Wildman–Crippen MR) is 84.5 cm³/mol. The van der Waals surface area contributed by atoms with Crippen molar-refractivity contribution >= 4 is 24.5 Å². The molecule has 1 aliphatic heterocycles. The van der Waals surface area contributed by atoms with Crippen LogP contribution in [-0.2, 0) is 0 Å². The van der Waals surface area contributed by atoms with Crippen LogP contribution in [-0.4, -0.2) is 20.9 Å². The Morgan fingerprint density at radius 3 is 2.71 bits per heavy atom. The average molecular weight is 297 g/mol. The van der Waals surface area contributed by atoms with Gasteiger partial charge in [-0.25, -0.2) is 0 Å². The summed E-state index contributed by atoms with van der Waals surface area (Å²) in [4.78, 5) is 18.6. The van der Waals surface area contributed by atoms with Crippen LogP contribution >= 0.6 is 12.2 Å². The molecule has 0 saturated carbocycles. The second-order valence-electron chi connectivity index (χ2n) is 4.37. The highest BCUT2D eigenvalue weighted by Gasteiger charge is 2.12. The Hall–Kier alpha value is -2.73. The number of allylic oxidation sites excluding steroid dienone is 2. The molecule has 0 radical (unpaired) electrons. The molecule has 6 heteroatoms. The molecule has 2 heterocycles. The SMILES string of the molecule is O=c1[nH]c(=S)n(-c2ccccc2)c(O)c1/C=C1\C=CC=N1. The zero-order chi connectivity index (χ0) is 14.8. The van der Waals surface area contributed by atoms with Gasteiger partial charge >= 0.3 is 0 Å². The van der Waals surface area contributed by atoms with E-state index in [2.05, 4.69) is 9.98 Å². The first-order chi connectivity index (χ1) is 10.2. The lowest BCUT2D eigenvalue weighted by Gasteiger charge is -2.11. The van der Waals surface area contributed by atoms with Crippen LogP contribution in [0, 0.1) is 4.77 Å². The van der Waals surface area contributed by atoms with Crippen LogP contribution in [0.2, 0.25) is 0 Å². The molecule has 1 aromatic carbocycles. The minimum absolute atomic E-state index is 0.117. The molecule has 5 nitrogen and oxygen atoms in total. The summed E-state index contributed by atoms with van der Waals surface area (Å²) >= 11 is 5.13. The molecule has 104 valence electrons. The zero-order valence-corrected chi connectivity index (χ0v) is 11.7. The molecule has 3 rings (SSSR count). The largest absolute Gasteiger partial charge is 0.494 e. The van der Waals surface area contributed by atoms with Crippen LogP contribution in [0.1, 0.15) is 5.56 Å². The molecular weight excluding hydrogens is 286 g/mol. The lowest BCUT2D eigenvalue weighted by molar-refractivity contribution is 0.432. The van der Waals surface area contributed by atoms with Gasteiger partial charge in [-0.05, 0) is 42.6 Å². The number of para-hydroxylation sites is 1. The number of H-pyrrole nitrogens is 1. The second-order valence-corrected chi connectivity index (χ2v) is 4.76. The summed E-state index contributed by atoms with van der Waals surface area (Å²) in [6, 6.07) is 9.08. The van der Waals surface area contributed by atoms with Gasteiger partial charge in [-0.1, -0.05) is 18.2 Å². The Kier molecular flexibility index (Phi) is 3.37. The number of aromatic hydroxyl groups is 1. The van der Waals surface area contributed by atoms with Crippen LogP contribution < -0.4 is 5.56 Å². The van der Waals surface area contributed by atoms with Gasteiger partial charge < -0.3 is 5.11 Å². The van der Waals surface area contributed by atoms with E-state index in [9.17, 15) is 9.90 Å². The number of hydrogen-bond donors (Lipinski definition) is 2. The van der Waals surface area contributed by atoms with E-state index in [1.807, 2.05) is 18.2 Å². The first kappa shape index (κ1) is 13.3. The standard InChI is InChI=1S/C15H11N3O2S/c19-13-12(9-10-5-4-8-16-10)14(20)18(15(21)17-13)11-6-2-1-3-7-11/h1-9,20H,(H,17,19,21)/b10-9+. The lowest BCUT2D eigenvalue weighted by Crippen LogP contribution is -2.16. The Morgan fingerprint density at radius 2 is 2.05 bits per heavy atom. The number of benzene rings is 1. The molecule has 0 bridgehead atoms. The third kappa shape index (κ3) is 2.48. The quantitative estimate of drug-likeness (QED) is 0.837. The highest BCUT2D eigenvalue weighted by atomic mass is 32.1. The molecule has 0 spiro atoms. The van der Waals surface area contributed by atoms with Gasteiger partial charge in [0.25, 0.3) is 5.56 Å². The molecule has 0 fully saturated rings. The van der Waals surface area contributed by atoms with Crippen LogP contribution in [0.5, 0.6) is 5.88 Å². The van der Waals surface area contributed by atoms with E-state index in [0.717, 1.165) is 0 Å². The summed E-state index contributed by atoms with van der Waals surface area (Å²) in [6.07, 6.45) is 6.63. The molecule has 0 unspecified atom stereocenters. The molecule has 21 heavy (non-hydrogen) atoms. The summed E-state index contributed by atoms with van der Waals surface area (Å²) in [5.74, 6) is -0.210. The molecular formula is C15H11N3O2S. The van der Waals surface area contributed by atoms with Crippen LogP contribution in [0.25, 0.3) is 11.8 Å². The van der Waals surface area contributed by atoms with Crippen molar-refractivity contribution in [2.24, 2.45) is 4.99 Å². The van der Waals surface area contributed by atoms with E-state index in [4.69, 9.17) is 12.2 Å². The fraction of sp³-hybridized carbons (Fsp3) is 0. The van der Waals surface area contributed by atoms with Crippen molar-refractivity contribution in [3.63, 3.8) is 0 Å². The van der Waals surface area contributed by atoms with Gasteiger partial charge in [0.05, 0.1) is 11.4 Å². The Morgan fingerprint density at radius 1 is 1.29 bits per heavy atom. The van der Waals surface area contributed by atoms with Crippen molar-refractivity contribution in [3.05, 3.63) is 68.9 Å². The van der Waals surface area contributed by atoms with E-state index < -0.39 is 5.56 Å². The molecule has 0 aliphatic carbocycles. The van der Waals surface area contributed by atoms with Gasteiger partial charge in [-0.2, -0.15) is 0 Å². The third-order valence-corrected chi connectivity index (χ3v) is 3.29. The van der Waals surface area contributed by atoms with Crippen molar-refractivity contribution in [1.82, 2.24) is 9.55 Å². The number of hydrogen-bond acceptors (Lipinski definition) is 4. The third-order valence-electron chi connectivity index (χ3n) is 3.00. The lowest BCUT2D eigenvalue weighted by atomic mass is 10.2. The molecule has 2 aromatic rings. The Bertz CT molecular complexity index is 875. The smallest absolute Gasteiger partial charge is 0.262 e. The number of aromatic amines is 1. The number of rotatable bonds is 2. The van der Waals surface area contributed by atoms with Crippen LogP contribution in [0.4, 0.5) is 0 Å². The van der Waals surface area contributed by atoms with Gasteiger partial charge in [-0.15, -0.1) is 0 Å². The second kappa shape index (κ2) is 5.34. The summed E-state index contributed by atoms with van der Waals surface area (Å²) < 4.78 is 1.54. The van der Waals surface area contributed by atoms with Crippen LogP contribution in [0.3, 0.4) is 0 Å². The van der Waals surface area contributed by atoms with Gasteiger partial charge in [0, 0.05) is 6.21 Å². The minimum atomic E-state index is -0.451. The Labute approximate surface area is 125 Å². The van der Waals surface area contributed by atoms with Gasteiger partial charge in [0.2, 0.25) is 5.88 Å². The summed E-state index contributed by atoms with van der Waals surface area (Å²) in [6.45, 7) is 0. The van der Waals surface area contributed by atoms with Gasteiger partial charge in [0.15, 0.2) is 4.77 Å². The van der Waals surface area contributed by atoms with Gasteiger partial charge in [-0.3, -0.25) is 19.3 Å². The fourth-order valence-corrected chi connectivity index (χ4v) is 2.32. The molecule has 1 aliphatic rings. The molecule has 0 atom stereocenters. The van der Waals surface area contributed by atoms with E-state index >= 15 is 0 Å². The Balaban J connectivity index is 2.26. The maximum absolute atomic E-state index is 12.0. The fourth-order valence-electron chi connectivity index (χ4n) is 2.03. The normalized spacial score (nSPS) is 15.0. The first-order valence-electron chi connectivity index (χ1n) is 6.23. The number of aromatic nitrogens is 2. The molecule has 2 N–H and O–H groups in total. The van der Waals surface area contributed by atoms with Crippen molar-refractivity contribution in [1.29, 1.82) is 0 Å². The molecule has 1 aromatic heterocycles. The van der Waals surface area contributed by atoms with Gasteiger partial charge in [0.1, 0.15) is 5.56 Å². The maximum Gasteiger partial charge on any atom is 0.262 e. The molecule has 0 amide bonds. The van der Waals surface area contributed by atoms with E-state index in [0.29, 0.717) is 11.4 Å². The summed E-state index contributed by atoms with van der Waals surface area (Å²) in [7, 11) is 0. The van der Waals surface area contributed by atoms with Crippen molar-refractivity contribution in [2.45, 2.75) is 0 Å².